The zero-order valence-corrected chi connectivity index (χ0v) is 9.67. The molecule has 1 aromatic carbocycles. The van der Waals surface area contributed by atoms with Gasteiger partial charge in [0.2, 0.25) is 0 Å². The molecule has 2 rings (SSSR count). The van der Waals surface area contributed by atoms with Crippen molar-refractivity contribution in [1.29, 1.82) is 0 Å². The monoisotopic (exact) mass is 236 g/mol. The Kier molecular flexibility index (Phi) is 2.98. The van der Waals surface area contributed by atoms with Gasteiger partial charge in [-0.3, -0.25) is 4.79 Å². The number of rotatable bonds is 3. The molecule has 0 aliphatic carbocycles. The molecule has 0 radical (unpaired) electrons. The largest absolute Gasteiger partial charge is 0.866 e. The summed E-state index contributed by atoms with van der Waals surface area (Å²) in [4.78, 5) is 11.7. The number of para-hydroxylation sites is 2. The Bertz CT molecular complexity index is 407. The van der Waals surface area contributed by atoms with Gasteiger partial charge >= 0.3 is 13.3 Å². The predicted molar refractivity (Wildman–Crippen MR) is 60.4 cm³/mol. The second-order valence-electron chi connectivity index (χ2n) is 4.42. The van der Waals surface area contributed by atoms with Crippen LogP contribution in [0.5, 0.6) is 11.5 Å². The molecule has 5 nitrogen and oxygen atoms in total. The van der Waals surface area contributed by atoms with Crippen molar-refractivity contribution in [2.75, 3.05) is 6.61 Å². The highest BCUT2D eigenvalue weighted by Crippen LogP contribution is 2.33. The minimum absolute atomic E-state index is 0.300. The van der Waals surface area contributed by atoms with Crippen LogP contribution in [0.4, 0.5) is 0 Å². The smallest absolute Gasteiger partial charge is 0.486 e. The number of fused-ring (bicyclic) bond motifs is 1. The molecule has 0 atom stereocenters. The summed E-state index contributed by atoms with van der Waals surface area (Å²) < 4.78 is 15.5. The summed E-state index contributed by atoms with van der Waals surface area (Å²) in [5, 5.41) is 9.03. The molecule has 1 N–H and O–H groups in total. The molecule has 0 spiro atoms. The van der Waals surface area contributed by atoms with E-state index in [2.05, 4.69) is 0 Å². The molecule has 0 saturated heterocycles. The highest BCUT2D eigenvalue weighted by molar-refractivity contribution is 6.42. The first kappa shape index (κ1) is 11.8. The van der Waals surface area contributed by atoms with Gasteiger partial charge in [-0.2, -0.15) is 0 Å². The molecule has 90 valence electrons. The van der Waals surface area contributed by atoms with Gasteiger partial charge in [-0.25, -0.2) is 0 Å². The summed E-state index contributed by atoms with van der Waals surface area (Å²) in [6, 6.07) is 7.04. The van der Waals surface area contributed by atoms with Crippen molar-refractivity contribution in [1.82, 2.24) is 0 Å². The highest BCUT2D eigenvalue weighted by atomic mass is 16.8. The second-order valence-corrected chi connectivity index (χ2v) is 4.42. The summed E-state index contributed by atoms with van der Waals surface area (Å²) >= 11 is 0. The molecule has 1 heterocycles. The van der Waals surface area contributed by atoms with Gasteiger partial charge in [0.1, 0.15) is 11.5 Å². The molecule has 0 saturated carbocycles. The Labute approximate surface area is 99.5 Å². The Morgan fingerprint density at radius 3 is 2.35 bits per heavy atom. The van der Waals surface area contributed by atoms with Crippen LogP contribution in [0.25, 0.3) is 0 Å². The number of hydrogen-bond donors (Lipinski definition) is 1. The fraction of sp³-hybridized carbons (Fsp3) is 0.364. The van der Waals surface area contributed by atoms with E-state index in [1.54, 1.807) is 38.1 Å². The van der Waals surface area contributed by atoms with E-state index >= 15 is 0 Å². The predicted octanol–water partition coefficient (Wildman–Crippen LogP) is 1.00. The fourth-order valence-corrected chi connectivity index (χ4v) is 1.24. The van der Waals surface area contributed by atoms with E-state index in [0.717, 1.165) is 0 Å². The fourth-order valence-electron chi connectivity index (χ4n) is 1.24. The summed E-state index contributed by atoms with van der Waals surface area (Å²) in [6.07, 6.45) is 0. The second kappa shape index (κ2) is 4.29. The Morgan fingerprint density at radius 2 is 1.88 bits per heavy atom. The third-order valence-electron chi connectivity index (χ3n) is 2.45. The van der Waals surface area contributed by atoms with Crippen molar-refractivity contribution >= 4 is 13.3 Å². The number of aliphatic hydroxyl groups excluding tert-OH is 1. The van der Waals surface area contributed by atoms with Crippen LogP contribution >= 0.6 is 0 Å². The van der Waals surface area contributed by atoms with Crippen molar-refractivity contribution < 1.29 is 23.9 Å². The molecule has 6 heteroatoms. The molecule has 0 bridgehead atoms. The third kappa shape index (κ3) is 2.36. The van der Waals surface area contributed by atoms with E-state index in [4.69, 9.17) is 19.1 Å². The molecule has 0 fully saturated rings. The van der Waals surface area contributed by atoms with Crippen molar-refractivity contribution in [3.8, 4) is 11.5 Å². The molecule has 1 aliphatic rings. The standard InChI is InChI=1S/C11H13BO5/c1-11(2,7-13)10(14)17-12-15-8-5-3-4-6-9(8)16-12/h3-6,13H,7H2,1-2H3. The zero-order valence-electron chi connectivity index (χ0n) is 9.67. The van der Waals surface area contributed by atoms with Crippen LogP contribution in [-0.4, -0.2) is 25.0 Å². The van der Waals surface area contributed by atoms with Gasteiger partial charge in [-0.05, 0) is 26.0 Å². The topological polar surface area (TPSA) is 65.0 Å². The van der Waals surface area contributed by atoms with Gasteiger partial charge in [0, 0.05) is 0 Å². The molecular formula is C11H13BO5. The number of hydrogen-bond acceptors (Lipinski definition) is 5. The van der Waals surface area contributed by atoms with E-state index < -0.39 is 18.7 Å². The minimum Gasteiger partial charge on any atom is -0.486 e. The Morgan fingerprint density at radius 1 is 1.35 bits per heavy atom. The van der Waals surface area contributed by atoms with Crippen LogP contribution < -0.4 is 9.31 Å². The zero-order chi connectivity index (χ0) is 12.5. The van der Waals surface area contributed by atoms with Crippen LogP contribution in [0.2, 0.25) is 0 Å². The normalized spacial score (nSPS) is 13.7. The number of carbonyl (C=O) groups excluding carboxylic acids is 1. The first-order chi connectivity index (χ1) is 8.03. The molecule has 0 aromatic heterocycles. The maximum atomic E-state index is 11.7. The van der Waals surface area contributed by atoms with Gasteiger partial charge in [-0.1, -0.05) is 12.1 Å². The van der Waals surface area contributed by atoms with E-state index in [-0.39, 0.29) is 6.61 Å². The Hall–Kier alpha value is -1.69. The number of carbonyl (C=O) groups is 1. The Balaban J connectivity index is 1.99. The average Bonchev–Trinajstić information content (AvgIpc) is 2.70. The maximum Gasteiger partial charge on any atom is 0.866 e. The van der Waals surface area contributed by atoms with E-state index in [1.165, 1.54) is 0 Å². The molecular weight excluding hydrogens is 223 g/mol. The van der Waals surface area contributed by atoms with Crippen LogP contribution in [0.15, 0.2) is 24.3 Å². The lowest BCUT2D eigenvalue weighted by Gasteiger charge is -2.19. The molecule has 17 heavy (non-hydrogen) atoms. The SMILES string of the molecule is CC(C)(CO)C(=O)OB1Oc2ccccc2O1. The minimum atomic E-state index is -1.08. The number of benzene rings is 1. The lowest BCUT2D eigenvalue weighted by Crippen LogP contribution is -2.39. The van der Waals surface area contributed by atoms with E-state index in [1.807, 2.05) is 0 Å². The quantitative estimate of drug-likeness (QED) is 0.793. The first-order valence-electron chi connectivity index (χ1n) is 5.27. The summed E-state index contributed by atoms with van der Waals surface area (Å²) in [7, 11) is -1.08. The highest BCUT2D eigenvalue weighted by Gasteiger charge is 2.42. The van der Waals surface area contributed by atoms with Crippen molar-refractivity contribution in [3.63, 3.8) is 0 Å². The molecule has 1 aromatic rings. The van der Waals surface area contributed by atoms with Crippen molar-refractivity contribution in [3.05, 3.63) is 24.3 Å². The summed E-state index contributed by atoms with van der Waals surface area (Å²) in [5.74, 6) is 0.497. The van der Waals surface area contributed by atoms with Gasteiger partial charge in [0.15, 0.2) is 0 Å². The molecule has 1 aliphatic heterocycles. The average molecular weight is 236 g/mol. The van der Waals surface area contributed by atoms with Gasteiger partial charge in [0.05, 0.1) is 12.0 Å². The van der Waals surface area contributed by atoms with Crippen LogP contribution in [0, 0.1) is 5.41 Å². The first-order valence-corrected chi connectivity index (χ1v) is 5.27. The number of aliphatic hydroxyl groups is 1. The van der Waals surface area contributed by atoms with Gasteiger partial charge in [-0.15, -0.1) is 0 Å². The van der Waals surface area contributed by atoms with Crippen molar-refractivity contribution in [2.24, 2.45) is 5.41 Å². The van der Waals surface area contributed by atoms with Gasteiger partial charge in [0.25, 0.3) is 0 Å². The van der Waals surface area contributed by atoms with Crippen LogP contribution in [0.3, 0.4) is 0 Å². The van der Waals surface area contributed by atoms with Crippen LogP contribution in [0.1, 0.15) is 13.8 Å². The third-order valence-corrected chi connectivity index (χ3v) is 2.45. The molecule has 0 unspecified atom stereocenters. The van der Waals surface area contributed by atoms with E-state index in [0.29, 0.717) is 11.5 Å². The molecule has 0 amide bonds. The summed E-state index contributed by atoms with van der Waals surface area (Å²) in [6.45, 7) is 2.86. The van der Waals surface area contributed by atoms with Gasteiger partial charge < -0.3 is 19.1 Å². The van der Waals surface area contributed by atoms with Crippen LogP contribution in [-0.2, 0) is 9.45 Å². The lowest BCUT2D eigenvalue weighted by molar-refractivity contribution is -0.148. The lowest BCUT2D eigenvalue weighted by atomic mass is 9.95. The van der Waals surface area contributed by atoms with Crippen molar-refractivity contribution in [2.45, 2.75) is 13.8 Å². The van der Waals surface area contributed by atoms with E-state index in [9.17, 15) is 4.79 Å². The maximum absolute atomic E-state index is 11.7. The summed E-state index contributed by atoms with van der Waals surface area (Å²) in [5.41, 5.74) is -0.971.